The maximum absolute atomic E-state index is 12.1. The lowest BCUT2D eigenvalue weighted by atomic mass is 10.1. The summed E-state index contributed by atoms with van der Waals surface area (Å²) in [4.78, 5) is 32.0. The van der Waals surface area contributed by atoms with Crippen molar-refractivity contribution in [2.24, 2.45) is 5.92 Å². The molecule has 7 nitrogen and oxygen atoms in total. The summed E-state index contributed by atoms with van der Waals surface area (Å²) in [5.41, 5.74) is 6.45. The minimum Gasteiger partial charge on any atom is -0.375 e. The van der Waals surface area contributed by atoms with Crippen LogP contribution in [-0.4, -0.2) is 66.9 Å². The summed E-state index contributed by atoms with van der Waals surface area (Å²) in [7, 11) is 3.94. The summed E-state index contributed by atoms with van der Waals surface area (Å²) in [6, 6.07) is 0. The fraction of sp³-hybridized carbons (Fsp3) is 0.643. The molecule has 1 unspecified atom stereocenters. The van der Waals surface area contributed by atoms with Gasteiger partial charge < -0.3 is 20.9 Å². The zero-order chi connectivity index (χ0) is 16.1. The number of amides is 2. The number of thiazole rings is 1. The van der Waals surface area contributed by atoms with Crippen LogP contribution in [0.3, 0.4) is 0 Å². The van der Waals surface area contributed by atoms with Crippen molar-refractivity contribution >= 4 is 28.3 Å². The van der Waals surface area contributed by atoms with Crippen molar-refractivity contribution < 1.29 is 9.59 Å². The standard InChI is InChI=1S/C14H23N5O2S/c1-18(2)5-6-19-8-10(7-12(19)20)13(21)16-4-3-11-9-22-14(15)17-11/h9-10H,3-8H2,1-2H3,(H2,15,17)(H,16,21). The van der Waals surface area contributed by atoms with E-state index in [0.29, 0.717) is 37.6 Å². The molecule has 1 saturated heterocycles. The van der Waals surface area contributed by atoms with Crippen molar-refractivity contribution in [3.63, 3.8) is 0 Å². The van der Waals surface area contributed by atoms with Gasteiger partial charge in [0.15, 0.2) is 5.13 Å². The molecule has 1 atom stereocenters. The highest BCUT2D eigenvalue weighted by Gasteiger charge is 2.33. The Kier molecular flexibility index (Phi) is 5.73. The van der Waals surface area contributed by atoms with Gasteiger partial charge in [-0.15, -0.1) is 11.3 Å². The van der Waals surface area contributed by atoms with Crippen LogP contribution in [0, 0.1) is 5.92 Å². The van der Waals surface area contributed by atoms with E-state index in [-0.39, 0.29) is 17.7 Å². The molecule has 0 bridgehead atoms. The number of nitrogens with one attached hydrogen (secondary N) is 1. The summed E-state index contributed by atoms with van der Waals surface area (Å²) in [6.07, 6.45) is 0.966. The van der Waals surface area contributed by atoms with Crippen molar-refractivity contribution in [3.05, 3.63) is 11.1 Å². The van der Waals surface area contributed by atoms with Crippen LogP contribution in [0.25, 0.3) is 0 Å². The van der Waals surface area contributed by atoms with Crippen LogP contribution in [-0.2, 0) is 16.0 Å². The first-order valence-corrected chi connectivity index (χ1v) is 8.23. The van der Waals surface area contributed by atoms with Crippen LogP contribution < -0.4 is 11.1 Å². The van der Waals surface area contributed by atoms with Gasteiger partial charge in [-0.1, -0.05) is 0 Å². The largest absolute Gasteiger partial charge is 0.375 e. The van der Waals surface area contributed by atoms with E-state index >= 15 is 0 Å². The molecule has 22 heavy (non-hydrogen) atoms. The summed E-state index contributed by atoms with van der Waals surface area (Å²) in [6.45, 7) is 2.52. The van der Waals surface area contributed by atoms with Crippen LogP contribution in [0.4, 0.5) is 5.13 Å². The number of rotatable bonds is 7. The Balaban J connectivity index is 1.72. The molecule has 1 aromatic rings. The lowest BCUT2D eigenvalue weighted by Gasteiger charge is -2.19. The van der Waals surface area contributed by atoms with E-state index in [1.54, 1.807) is 4.90 Å². The van der Waals surface area contributed by atoms with Crippen LogP contribution in [0.1, 0.15) is 12.1 Å². The fourth-order valence-electron chi connectivity index (χ4n) is 2.38. The Bertz CT molecular complexity index is 531. The third-order valence-corrected chi connectivity index (χ3v) is 4.38. The van der Waals surface area contributed by atoms with Gasteiger partial charge in [0.05, 0.1) is 11.6 Å². The number of likely N-dealkylation sites (N-methyl/N-ethyl adjacent to an activating group) is 1. The van der Waals surface area contributed by atoms with Crippen LogP contribution >= 0.6 is 11.3 Å². The van der Waals surface area contributed by atoms with Crippen LogP contribution in [0.2, 0.25) is 0 Å². The Morgan fingerprint density at radius 2 is 2.36 bits per heavy atom. The molecule has 1 aliphatic heterocycles. The molecule has 2 rings (SSSR count). The first kappa shape index (κ1) is 16.7. The topological polar surface area (TPSA) is 91.6 Å². The van der Waals surface area contributed by atoms with Crippen molar-refractivity contribution in [1.29, 1.82) is 0 Å². The minimum atomic E-state index is -0.241. The van der Waals surface area contributed by atoms with E-state index < -0.39 is 0 Å². The summed E-state index contributed by atoms with van der Waals surface area (Å²) in [5, 5.41) is 5.32. The Morgan fingerprint density at radius 1 is 1.59 bits per heavy atom. The van der Waals surface area contributed by atoms with Gasteiger partial charge in [0.2, 0.25) is 11.8 Å². The van der Waals surface area contributed by atoms with Crippen LogP contribution in [0.5, 0.6) is 0 Å². The SMILES string of the molecule is CN(C)CCN1CC(C(=O)NCCc2csc(N)n2)CC1=O. The molecule has 8 heteroatoms. The Morgan fingerprint density at radius 3 is 3.00 bits per heavy atom. The van der Waals surface area contributed by atoms with Crippen molar-refractivity contribution in [2.75, 3.05) is 46.0 Å². The van der Waals surface area contributed by atoms with Gasteiger partial charge in [0.1, 0.15) is 0 Å². The molecule has 0 spiro atoms. The van der Waals surface area contributed by atoms with Gasteiger partial charge >= 0.3 is 0 Å². The van der Waals surface area contributed by atoms with Gasteiger partial charge in [-0.05, 0) is 14.1 Å². The molecule has 1 fully saturated rings. The molecule has 0 radical (unpaired) electrons. The van der Waals surface area contributed by atoms with Gasteiger partial charge in [-0.25, -0.2) is 4.98 Å². The monoisotopic (exact) mass is 325 g/mol. The van der Waals surface area contributed by atoms with Crippen LogP contribution in [0.15, 0.2) is 5.38 Å². The van der Waals surface area contributed by atoms with E-state index in [1.807, 2.05) is 24.4 Å². The minimum absolute atomic E-state index is 0.0519. The fourth-order valence-corrected chi connectivity index (χ4v) is 2.98. The molecule has 1 aliphatic rings. The first-order valence-electron chi connectivity index (χ1n) is 7.36. The highest BCUT2D eigenvalue weighted by Crippen LogP contribution is 2.17. The second-order valence-electron chi connectivity index (χ2n) is 5.76. The number of nitrogens with zero attached hydrogens (tertiary/aromatic N) is 3. The summed E-state index contributed by atoms with van der Waals surface area (Å²) in [5.74, 6) is -0.228. The van der Waals surface area contributed by atoms with Gasteiger partial charge in [-0.2, -0.15) is 0 Å². The number of anilines is 1. The summed E-state index contributed by atoms with van der Waals surface area (Å²) >= 11 is 1.40. The molecular formula is C14H23N5O2S. The Hall–Kier alpha value is -1.67. The number of nitrogens with two attached hydrogens (primary N) is 1. The zero-order valence-corrected chi connectivity index (χ0v) is 13.9. The van der Waals surface area contributed by atoms with E-state index in [9.17, 15) is 9.59 Å². The molecule has 0 aliphatic carbocycles. The first-order chi connectivity index (χ1) is 10.5. The number of carbonyl (C=O) groups excluding carboxylic acids is 2. The number of likely N-dealkylation sites (tertiary alicyclic amines) is 1. The second-order valence-corrected chi connectivity index (χ2v) is 6.65. The van der Waals surface area contributed by atoms with Gasteiger partial charge in [-0.3, -0.25) is 9.59 Å². The number of aromatic nitrogens is 1. The molecule has 2 amide bonds. The molecule has 122 valence electrons. The highest BCUT2D eigenvalue weighted by molar-refractivity contribution is 7.13. The summed E-state index contributed by atoms with van der Waals surface area (Å²) < 4.78 is 0. The average Bonchev–Trinajstić information content (AvgIpc) is 3.03. The molecule has 0 saturated carbocycles. The second kappa shape index (κ2) is 7.55. The highest BCUT2D eigenvalue weighted by atomic mass is 32.1. The number of nitrogen functional groups attached to an aromatic ring is 1. The third kappa shape index (κ3) is 4.67. The van der Waals surface area contributed by atoms with E-state index in [2.05, 4.69) is 10.3 Å². The number of carbonyl (C=O) groups is 2. The Labute approximate surface area is 134 Å². The number of hydrogen-bond acceptors (Lipinski definition) is 6. The lowest BCUT2D eigenvalue weighted by molar-refractivity contribution is -0.129. The molecule has 0 aromatic carbocycles. The zero-order valence-electron chi connectivity index (χ0n) is 13.0. The lowest BCUT2D eigenvalue weighted by Crippen LogP contribution is -2.36. The van der Waals surface area contributed by atoms with E-state index in [1.165, 1.54) is 11.3 Å². The van der Waals surface area contributed by atoms with Crippen molar-refractivity contribution in [2.45, 2.75) is 12.8 Å². The molecule has 3 N–H and O–H groups in total. The molecule has 1 aromatic heterocycles. The third-order valence-electron chi connectivity index (χ3n) is 3.65. The van der Waals surface area contributed by atoms with E-state index in [4.69, 9.17) is 5.73 Å². The smallest absolute Gasteiger partial charge is 0.225 e. The van der Waals surface area contributed by atoms with Crippen molar-refractivity contribution in [1.82, 2.24) is 20.1 Å². The predicted octanol–water partition coefficient (Wildman–Crippen LogP) is -0.206. The maximum Gasteiger partial charge on any atom is 0.225 e. The molecular weight excluding hydrogens is 302 g/mol. The number of hydrogen-bond donors (Lipinski definition) is 2. The molecule has 2 heterocycles. The normalized spacial score (nSPS) is 18.2. The van der Waals surface area contributed by atoms with E-state index in [0.717, 1.165) is 12.2 Å². The maximum atomic E-state index is 12.1. The average molecular weight is 325 g/mol. The quantitative estimate of drug-likeness (QED) is 0.724. The van der Waals surface area contributed by atoms with Crippen molar-refractivity contribution in [3.8, 4) is 0 Å². The predicted molar refractivity (Wildman–Crippen MR) is 86.5 cm³/mol. The van der Waals surface area contributed by atoms with Gasteiger partial charge in [0, 0.05) is 44.4 Å². The van der Waals surface area contributed by atoms with Gasteiger partial charge in [0.25, 0.3) is 0 Å².